The van der Waals surface area contributed by atoms with Gasteiger partial charge in [0.1, 0.15) is 17.9 Å². The van der Waals surface area contributed by atoms with E-state index in [1.165, 1.54) is 0 Å². The van der Waals surface area contributed by atoms with Gasteiger partial charge in [-0.25, -0.2) is 10.1 Å². The molecule has 1 saturated heterocycles. The van der Waals surface area contributed by atoms with Crippen LogP contribution in [0.2, 0.25) is 0 Å². The second kappa shape index (κ2) is 10.6. The number of aromatic nitrogens is 4. The SMILES string of the molecule is C[C@@H](COCCC(=O)N1CCN2c3cnc(C(F)(F)F)nc3OCC2C1)Nc1cn[nH]c(=O)c1C(F)(F)F. The van der Waals surface area contributed by atoms with E-state index in [9.17, 15) is 35.9 Å². The number of halogens is 6. The predicted molar refractivity (Wildman–Crippen MR) is 119 cm³/mol. The van der Waals surface area contributed by atoms with Gasteiger partial charge in [-0.2, -0.15) is 36.4 Å². The minimum absolute atomic E-state index is 0.00286. The Morgan fingerprint density at radius 3 is 2.71 bits per heavy atom. The Bertz CT molecular complexity index is 1220. The van der Waals surface area contributed by atoms with E-state index in [2.05, 4.69) is 20.4 Å². The molecule has 2 aliphatic heterocycles. The maximum atomic E-state index is 13.1. The monoisotopic (exact) mass is 551 g/mol. The van der Waals surface area contributed by atoms with Crippen LogP contribution in [0.4, 0.5) is 37.7 Å². The number of nitrogens with zero attached hydrogens (tertiary/aromatic N) is 5. The number of alkyl halides is 6. The average Bonchev–Trinajstić information content (AvgIpc) is 2.84. The van der Waals surface area contributed by atoms with Gasteiger partial charge in [0, 0.05) is 25.7 Å². The average molecular weight is 551 g/mol. The van der Waals surface area contributed by atoms with Crippen LogP contribution in [-0.4, -0.2) is 82.5 Å². The van der Waals surface area contributed by atoms with Gasteiger partial charge in [0.15, 0.2) is 0 Å². The van der Waals surface area contributed by atoms with Crippen LogP contribution in [0, 0.1) is 0 Å². The van der Waals surface area contributed by atoms with E-state index in [-0.39, 0.29) is 50.6 Å². The highest BCUT2D eigenvalue weighted by Crippen LogP contribution is 2.36. The molecule has 2 atom stereocenters. The molecule has 0 spiro atoms. The number of carbonyl (C=O) groups excluding carboxylic acids is 1. The van der Waals surface area contributed by atoms with Gasteiger partial charge >= 0.3 is 12.4 Å². The molecule has 2 aliphatic rings. The third-order valence-corrected chi connectivity index (χ3v) is 5.92. The molecule has 1 fully saturated rings. The molecule has 0 saturated carbocycles. The lowest BCUT2D eigenvalue weighted by Crippen LogP contribution is -2.58. The second-order valence-electron chi connectivity index (χ2n) is 8.74. The Kier molecular flexibility index (Phi) is 7.66. The fourth-order valence-electron chi connectivity index (χ4n) is 4.19. The number of nitrogens with one attached hydrogen (secondary N) is 2. The zero-order valence-corrected chi connectivity index (χ0v) is 19.9. The van der Waals surface area contributed by atoms with Crippen LogP contribution in [0.1, 0.15) is 24.7 Å². The Labute approximate surface area is 211 Å². The number of anilines is 2. The van der Waals surface area contributed by atoms with E-state index in [4.69, 9.17) is 9.47 Å². The molecule has 11 nitrogen and oxygen atoms in total. The molecule has 0 bridgehead atoms. The molecular formula is C21H23F6N7O4. The number of carbonyl (C=O) groups is 1. The van der Waals surface area contributed by atoms with Crippen molar-refractivity contribution >= 4 is 17.3 Å². The maximum Gasteiger partial charge on any atom is 0.451 e. The van der Waals surface area contributed by atoms with Gasteiger partial charge in [0.25, 0.3) is 5.56 Å². The van der Waals surface area contributed by atoms with Crippen LogP contribution >= 0.6 is 0 Å². The van der Waals surface area contributed by atoms with Crippen molar-refractivity contribution in [3.05, 3.63) is 34.1 Å². The van der Waals surface area contributed by atoms with E-state index in [0.29, 0.717) is 18.8 Å². The molecule has 4 heterocycles. The number of amides is 1. The Morgan fingerprint density at radius 1 is 1.24 bits per heavy atom. The number of aromatic amines is 1. The van der Waals surface area contributed by atoms with E-state index in [1.54, 1.807) is 16.9 Å². The summed E-state index contributed by atoms with van der Waals surface area (Å²) in [4.78, 5) is 34.4. The van der Waals surface area contributed by atoms with Crippen LogP contribution in [0.15, 0.2) is 17.2 Å². The Morgan fingerprint density at radius 2 is 2.00 bits per heavy atom. The summed E-state index contributed by atoms with van der Waals surface area (Å²) in [6, 6.07) is -0.922. The lowest BCUT2D eigenvalue weighted by molar-refractivity contribution is -0.145. The molecule has 208 valence electrons. The minimum Gasteiger partial charge on any atom is -0.474 e. The molecule has 2 N–H and O–H groups in total. The summed E-state index contributed by atoms with van der Waals surface area (Å²) in [5.74, 6) is -1.67. The van der Waals surface area contributed by atoms with Gasteiger partial charge in [0.05, 0.1) is 43.8 Å². The minimum atomic E-state index is -4.87. The quantitative estimate of drug-likeness (QED) is 0.392. The van der Waals surface area contributed by atoms with Gasteiger partial charge in [0.2, 0.25) is 17.6 Å². The highest BCUT2D eigenvalue weighted by atomic mass is 19.4. The van der Waals surface area contributed by atoms with Crippen LogP contribution in [0.5, 0.6) is 5.88 Å². The largest absolute Gasteiger partial charge is 0.474 e. The van der Waals surface area contributed by atoms with Crippen molar-refractivity contribution in [3.63, 3.8) is 0 Å². The molecule has 1 amide bonds. The highest BCUT2D eigenvalue weighted by molar-refractivity contribution is 5.77. The predicted octanol–water partition coefficient (Wildman–Crippen LogP) is 1.91. The zero-order chi connectivity index (χ0) is 27.7. The van der Waals surface area contributed by atoms with Crippen molar-refractivity contribution in [3.8, 4) is 5.88 Å². The van der Waals surface area contributed by atoms with Gasteiger partial charge in [-0.15, -0.1) is 0 Å². The normalized spacial score (nSPS) is 18.3. The van der Waals surface area contributed by atoms with Crippen molar-refractivity contribution in [1.29, 1.82) is 0 Å². The molecule has 4 rings (SSSR count). The highest BCUT2D eigenvalue weighted by Gasteiger charge is 2.40. The second-order valence-corrected chi connectivity index (χ2v) is 8.74. The lowest BCUT2D eigenvalue weighted by atomic mass is 10.1. The molecule has 0 aliphatic carbocycles. The van der Waals surface area contributed by atoms with Gasteiger partial charge in [-0.05, 0) is 6.92 Å². The van der Waals surface area contributed by atoms with E-state index >= 15 is 0 Å². The number of ether oxygens (including phenoxy) is 2. The van der Waals surface area contributed by atoms with E-state index < -0.39 is 41.0 Å². The van der Waals surface area contributed by atoms with Gasteiger partial charge in [-0.1, -0.05) is 0 Å². The standard InChI is InChI=1S/C21H23F6N7O4/c1-11(30-13-6-29-32-17(36)16(13)20(22,23)24)9-37-5-2-15(35)33-3-4-34-12(8-33)10-38-18-14(34)7-28-19(31-18)21(25,26)27/h6-7,11-12H,2-5,8-10H2,1H3,(H2,30,32,36)/t11-,12?/m0/s1. The smallest absolute Gasteiger partial charge is 0.451 e. The van der Waals surface area contributed by atoms with Crippen molar-refractivity contribution in [2.24, 2.45) is 0 Å². The van der Waals surface area contributed by atoms with Crippen molar-refractivity contribution in [2.75, 3.05) is 49.7 Å². The first-order valence-electron chi connectivity index (χ1n) is 11.4. The van der Waals surface area contributed by atoms with Crippen molar-refractivity contribution in [2.45, 2.75) is 37.8 Å². The first-order chi connectivity index (χ1) is 17.8. The fourth-order valence-corrected chi connectivity index (χ4v) is 4.19. The summed E-state index contributed by atoms with van der Waals surface area (Å²) in [7, 11) is 0. The summed E-state index contributed by atoms with van der Waals surface area (Å²) in [6.07, 6.45) is -7.63. The first kappa shape index (κ1) is 27.4. The van der Waals surface area contributed by atoms with Gasteiger partial charge < -0.3 is 24.6 Å². The number of rotatable bonds is 7. The zero-order valence-electron chi connectivity index (χ0n) is 19.9. The van der Waals surface area contributed by atoms with Crippen LogP contribution in [0.3, 0.4) is 0 Å². The molecule has 1 unspecified atom stereocenters. The Balaban J connectivity index is 1.24. The number of H-pyrrole nitrogens is 1. The van der Waals surface area contributed by atoms with Crippen molar-refractivity contribution in [1.82, 2.24) is 25.1 Å². The molecule has 17 heteroatoms. The number of piperazine rings is 1. The van der Waals surface area contributed by atoms with Crippen molar-refractivity contribution < 1.29 is 40.6 Å². The molecule has 2 aromatic rings. The summed E-state index contributed by atoms with van der Waals surface area (Å²) in [5.41, 5.74) is -2.92. The summed E-state index contributed by atoms with van der Waals surface area (Å²) in [5, 5.41) is 7.68. The first-order valence-corrected chi connectivity index (χ1v) is 11.4. The van der Waals surface area contributed by atoms with Crippen LogP contribution in [-0.2, 0) is 21.9 Å². The van der Waals surface area contributed by atoms with Crippen LogP contribution in [0.25, 0.3) is 0 Å². The number of fused-ring (bicyclic) bond motifs is 3. The number of hydrogen-bond acceptors (Lipinski definition) is 9. The third-order valence-electron chi connectivity index (χ3n) is 5.92. The topological polar surface area (TPSA) is 126 Å². The van der Waals surface area contributed by atoms with Gasteiger partial charge in [-0.3, -0.25) is 9.59 Å². The molecule has 38 heavy (non-hydrogen) atoms. The molecule has 0 aromatic carbocycles. The Hall–Kier alpha value is -3.63. The van der Waals surface area contributed by atoms with E-state index in [1.807, 2.05) is 4.90 Å². The third kappa shape index (κ3) is 6.08. The summed E-state index contributed by atoms with van der Waals surface area (Å²) >= 11 is 0. The number of hydrogen-bond donors (Lipinski definition) is 2. The summed E-state index contributed by atoms with van der Waals surface area (Å²) in [6.45, 7) is 2.47. The summed E-state index contributed by atoms with van der Waals surface area (Å²) < 4.78 is 88.9. The lowest BCUT2D eigenvalue weighted by Gasteiger charge is -2.44. The fraction of sp³-hybridized carbons (Fsp3) is 0.571. The molecular weight excluding hydrogens is 528 g/mol. The maximum absolute atomic E-state index is 13.1. The molecule has 0 radical (unpaired) electrons. The van der Waals surface area contributed by atoms with Crippen LogP contribution < -0.4 is 20.5 Å². The van der Waals surface area contributed by atoms with E-state index in [0.717, 1.165) is 12.4 Å². The molecule has 2 aromatic heterocycles.